The van der Waals surface area contributed by atoms with E-state index in [2.05, 4.69) is 30.9 Å². The van der Waals surface area contributed by atoms with Gasteiger partial charge in [0.25, 0.3) is 5.91 Å². The van der Waals surface area contributed by atoms with E-state index in [1.807, 2.05) is 18.2 Å². The highest BCUT2D eigenvalue weighted by Gasteiger charge is 2.07. The van der Waals surface area contributed by atoms with Crippen LogP contribution in [0, 0.1) is 12.7 Å². The van der Waals surface area contributed by atoms with E-state index in [1.165, 1.54) is 12.4 Å². The van der Waals surface area contributed by atoms with Crippen LogP contribution >= 0.6 is 0 Å². The molecule has 1 amide bonds. The largest absolute Gasteiger partial charge is 0.368 e. The zero-order valence-electron chi connectivity index (χ0n) is 14.7. The molecule has 0 fully saturated rings. The number of aromatic nitrogens is 3. The van der Waals surface area contributed by atoms with E-state index in [1.54, 1.807) is 31.3 Å². The van der Waals surface area contributed by atoms with Crippen LogP contribution in [0.3, 0.4) is 0 Å². The number of anilines is 3. The van der Waals surface area contributed by atoms with Crippen LogP contribution in [0.2, 0.25) is 0 Å². The van der Waals surface area contributed by atoms with Crippen LogP contribution in [-0.4, -0.2) is 33.9 Å². The topological polar surface area (TPSA) is 91.8 Å². The summed E-state index contributed by atoms with van der Waals surface area (Å²) in [6, 6.07) is 11.7. The van der Waals surface area contributed by atoms with Crippen molar-refractivity contribution in [2.45, 2.75) is 6.92 Å². The van der Waals surface area contributed by atoms with Crippen molar-refractivity contribution in [1.82, 2.24) is 20.3 Å². The summed E-state index contributed by atoms with van der Waals surface area (Å²) in [5.41, 5.74) is 0.800. The molecule has 0 aliphatic carbocycles. The number of pyridine rings is 1. The highest BCUT2D eigenvalue weighted by Crippen LogP contribution is 2.13. The summed E-state index contributed by atoms with van der Waals surface area (Å²) in [6.07, 6.45) is 3.12. The molecule has 0 saturated heterocycles. The lowest BCUT2D eigenvalue weighted by Gasteiger charge is -2.09. The predicted octanol–water partition coefficient (Wildman–Crippen LogP) is 2.90. The van der Waals surface area contributed by atoms with Crippen molar-refractivity contribution < 1.29 is 9.18 Å². The van der Waals surface area contributed by atoms with Crippen LogP contribution in [0.4, 0.5) is 21.8 Å². The monoisotopic (exact) mass is 366 g/mol. The van der Waals surface area contributed by atoms with Crippen molar-refractivity contribution in [3.8, 4) is 0 Å². The first-order valence-electron chi connectivity index (χ1n) is 8.40. The summed E-state index contributed by atoms with van der Waals surface area (Å²) in [5.74, 6) is 1.18. The molecular weight excluding hydrogens is 347 g/mol. The number of carbonyl (C=O) groups excluding carboxylic acids is 1. The zero-order valence-corrected chi connectivity index (χ0v) is 14.7. The molecule has 27 heavy (non-hydrogen) atoms. The number of nitrogens with zero attached hydrogens (tertiary/aromatic N) is 3. The van der Waals surface area contributed by atoms with Gasteiger partial charge in [-0.3, -0.25) is 4.79 Å². The minimum absolute atomic E-state index is 0.294. The van der Waals surface area contributed by atoms with Gasteiger partial charge in [-0.25, -0.2) is 19.3 Å². The molecule has 0 atom stereocenters. The van der Waals surface area contributed by atoms with Crippen LogP contribution in [0.15, 0.2) is 55.0 Å². The Hall–Kier alpha value is -3.55. The van der Waals surface area contributed by atoms with Crippen LogP contribution < -0.4 is 16.0 Å². The lowest BCUT2D eigenvalue weighted by Crippen LogP contribution is -2.29. The van der Waals surface area contributed by atoms with E-state index in [4.69, 9.17) is 0 Å². The van der Waals surface area contributed by atoms with Gasteiger partial charge in [-0.1, -0.05) is 12.1 Å². The van der Waals surface area contributed by atoms with E-state index in [9.17, 15) is 9.18 Å². The van der Waals surface area contributed by atoms with Gasteiger partial charge in [0.2, 0.25) is 0 Å². The van der Waals surface area contributed by atoms with Gasteiger partial charge in [0.05, 0.1) is 0 Å². The second kappa shape index (κ2) is 8.70. The first-order chi connectivity index (χ1) is 13.1. The third kappa shape index (κ3) is 5.21. The van der Waals surface area contributed by atoms with Gasteiger partial charge < -0.3 is 16.0 Å². The summed E-state index contributed by atoms with van der Waals surface area (Å²) in [7, 11) is 0. The molecule has 0 bridgehead atoms. The van der Waals surface area contributed by atoms with Crippen LogP contribution in [-0.2, 0) is 0 Å². The van der Waals surface area contributed by atoms with Crippen LogP contribution in [0.1, 0.15) is 15.9 Å². The van der Waals surface area contributed by atoms with Gasteiger partial charge in [0, 0.05) is 30.9 Å². The third-order valence-corrected chi connectivity index (χ3v) is 3.74. The molecule has 0 aliphatic heterocycles. The number of amides is 1. The van der Waals surface area contributed by atoms with E-state index in [0.29, 0.717) is 41.7 Å². The summed E-state index contributed by atoms with van der Waals surface area (Å²) >= 11 is 0. The van der Waals surface area contributed by atoms with E-state index < -0.39 is 5.82 Å². The molecule has 138 valence electrons. The molecule has 0 saturated carbocycles. The smallest absolute Gasteiger partial charge is 0.251 e. The van der Waals surface area contributed by atoms with Crippen LogP contribution in [0.5, 0.6) is 0 Å². The predicted molar refractivity (Wildman–Crippen MR) is 102 cm³/mol. The summed E-state index contributed by atoms with van der Waals surface area (Å²) < 4.78 is 13.5. The number of rotatable bonds is 7. The lowest BCUT2D eigenvalue weighted by molar-refractivity contribution is 0.0954. The maximum Gasteiger partial charge on any atom is 0.251 e. The highest BCUT2D eigenvalue weighted by atomic mass is 19.1. The molecule has 0 radical (unpaired) electrons. The summed E-state index contributed by atoms with van der Waals surface area (Å²) in [5, 5.41) is 8.91. The Bertz CT molecular complexity index is 919. The zero-order chi connectivity index (χ0) is 19.1. The second-order valence-corrected chi connectivity index (χ2v) is 5.78. The quantitative estimate of drug-likeness (QED) is 0.557. The van der Waals surface area contributed by atoms with Gasteiger partial charge in [0.15, 0.2) is 0 Å². The molecule has 3 rings (SSSR count). The fourth-order valence-corrected chi connectivity index (χ4v) is 2.29. The van der Waals surface area contributed by atoms with Crippen molar-refractivity contribution in [2.75, 3.05) is 23.7 Å². The minimum atomic E-state index is -0.394. The van der Waals surface area contributed by atoms with Crippen molar-refractivity contribution in [1.29, 1.82) is 0 Å². The maximum absolute atomic E-state index is 13.5. The van der Waals surface area contributed by atoms with E-state index in [0.717, 1.165) is 0 Å². The number of benzene rings is 1. The van der Waals surface area contributed by atoms with E-state index in [-0.39, 0.29) is 5.91 Å². The van der Waals surface area contributed by atoms with Gasteiger partial charge in [-0.15, -0.1) is 0 Å². The molecular formula is C19H19FN6O. The molecule has 0 unspecified atom stereocenters. The molecule has 0 aliphatic rings. The summed E-state index contributed by atoms with van der Waals surface area (Å²) in [4.78, 5) is 24.5. The first-order valence-corrected chi connectivity index (χ1v) is 8.40. The number of halogens is 1. The number of hydrogen-bond acceptors (Lipinski definition) is 6. The van der Waals surface area contributed by atoms with Gasteiger partial charge in [-0.05, 0) is 36.8 Å². The second-order valence-electron chi connectivity index (χ2n) is 5.78. The molecule has 3 aromatic rings. The molecule has 0 spiro atoms. The van der Waals surface area contributed by atoms with E-state index >= 15 is 0 Å². The Balaban J connectivity index is 1.48. The molecule has 2 aromatic heterocycles. The van der Waals surface area contributed by atoms with Crippen molar-refractivity contribution in [3.63, 3.8) is 0 Å². The molecule has 2 heterocycles. The molecule has 3 N–H and O–H groups in total. The number of hydrogen-bond donors (Lipinski definition) is 3. The Labute approximate surface area is 156 Å². The third-order valence-electron chi connectivity index (χ3n) is 3.74. The van der Waals surface area contributed by atoms with Gasteiger partial charge >= 0.3 is 0 Å². The average Bonchev–Trinajstić information content (AvgIpc) is 2.68. The Morgan fingerprint density at radius 3 is 2.63 bits per heavy atom. The normalized spacial score (nSPS) is 10.3. The first kappa shape index (κ1) is 18.2. The molecule has 7 nitrogen and oxygen atoms in total. The van der Waals surface area contributed by atoms with Crippen molar-refractivity contribution in [3.05, 3.63) is 71.9 Å². The molecule has 1 aromatic carbocycles. The lowest BCUT2D eigenvalue weighted by atomic mass is 10.1. The van der Waals surface area contributed by atoms with Crippen molar-refractivity contribution >= 4 is 23.4 Å². The number of aryl methyl sites for hydroxylation is 1. The number of nitrogens with one attached hydrogen (secondary N) is 3. The molecule has 8 heteroatoms. The van der Waals surface area contributed by atoms with Gasteiger partial charge in [0.1, 0.15) is 29.6 Å². The summed E-state index contributed by atoms with van der Waals surface area (Å²) in [6.45, 7) is 2.47. The highest BCUT2D eigenvalue weighted by molar-refractivity contribution is 5.94. The SMILES string of the molecule is Cc1ccc(C(=O)NCCNc2cc(Nc3ccccn3)ncn2)cc1F. The fraction of sp³-hybridized carbons (Fsp3) is 0.158. The maximum atomic E-state index is 13.5. The Morgan fingerprint density at radius 1 is 1.00 bits per heavy atom. The average molecular weight is 366 g/mol. The number of carbonyl (C=O) groups is 1. The minimum Gasteiger partial charge on any atom is -0.368 e. The van der Waals surface area contributed by atoms with Gasteiger partial charge in [-0.2, -0.15) is 0 Å². The Morgan fingerprint density at radius 2 is 1.85 bits per heavy atom. The standard InChI is InChI=1S/C19H19FN6O/c1-13-5-6-14(10-15(13)20)19(27)23-9-8-22-17-11-18(25-12-24-17)26-16-4-2-3-7-21-16/h2-7,10-12H,8-9H2,1H3,(H,23,27)(H2,21,22,24,25,26). The van der Waals surface area contributed by atoms with Crippen LogP contribution in [0.25, 0.3) is 0 Å². The Kier molecular flexibility index (Phi) is 5.88. The fourth-order valence-electron chi connectivity index (χ4n) is 2.29. The van der Waals surface area contributed by atoms with Crippen molar-refractivity contribution in [2.24, 2.45) is 0 Å².